The third kappa shape index (κ3) is 51.4. The van der Waals surface area contributed by atoms with Crippen molar-refractivity contribution in [3.8, 4) is 0 Å². The molecule has 0 radical (unpaired) electrons. The van der Waals surface area contributed by atoms with Gasteiger partial charge in [0, 0.05) is 19.3 Å². The molecule has 6 nitrogen and oxygen atoms in total. The van der Waals surface area contributed by atoms with Crippen molar-refractivity contribution in [2.75, 3.05) is 13.2 Å². The fourth-order valence-electron chi connectivity index (χ4n) is 7.39. The van der Waals surface area contributed by atoms with Gasteiger partial charge in [-0.2, -0.15) is 0 Å². The van der Waals surface area contributed by atoms with Crippen molar-refractivity contribution in [2.24, 2.45) is 0 Å². The fraction of sp³-hybridized carbons (Fsp3) is 0.712. The van der Waals surface area contributed by atoms with Gasteiger partial charge in [-0.3, -0.25) is 14.4 Å². The van der Waals surface area contributed by atoms with Gasteiger partial charge in [0.15, 0.2) is 6.10 Å². The molecule has 0 fully saturated rings. The maximum absolute atomic E-state index is 12.8. The second-order valence-electron chi connectivity index (χ2n) is 17.7. The molecular weight excluding hydrogens is 805 g/mol. The Morgan fingerprint density at radius 1 is 0.323 bits per heavy atom. The van der Waals surface area contributed by atoms with Crippen LogP contribution in [0.3, 0.4) is 0 Å². The first-order chi connectivity index (χ1) is 32.0. The normalized spacial score (nSPS) is 12.7. The second-order valence-corrected chi connectivity index (χ2v) is 17.7. The van der Waals surface area contributed by atoms with Gasteiger partial charge in [-0.05, 0) is 89.9 Å². The number of esters is 3. The molecule has 372 valence electrons. The third-order valence-electron chi connectivity index (χ3n) is 11.4. The predicted molar refractivity (Wildman–Crippen MR) is 279 cm³/mol. The number of unbranched alkanes of at least 4 members (excludes halogenated alkanes) is 23. The fourth-order valence-corrected chi connectivity index (χ4v) is 7.39. The molecule has 0 aliphatic rings. The van der Waals surface area contributed by atoms with Crippen LogP contribution in [0.4, 0.5) is 0 Å². The Morgan fingerprint density at radius 3 is 0.938 bits per heavy atom. The van der Waals surface area contributed by atoms with Crippen LogP contribution in [0.15, 0.2) is 85.1 Å². The van der Waals surface area contributed by atoms with E-state index in [0.29, 0.717) is 19.3 Å². The lowest BCUT2D eigenvalue weighted by atomic mass is 10.1. The summed E-state index contributed by atoms with van der Waals surface area (Å²) in [5, 5.41) is 0. The highest BCUT2D eigenvalue weighted by Crippen LogP contribution is 2.15. The van der Waals surface area contributed by atoms with Crippen molar-refractivity contribution >= 4 is 17.9 Å². The maximum Gasteiger partial charge on any atom is 0.306 e. The summed E-state index contributed by atoms with van der Waals surface area (Å²) >= 11 is 0. The zero-order chi connectivity index (χ0) is 47.2. The summed E-state index contributed by atoms with van der Waals surface area (Å²) in [6.45, 7) is 6.39. The number of carbonyl (C=O) groups excluding carboxylic acids is 3. The lowest BCUT2D eigenvalue weighted by Crippen LogP contribution is -2.30. The Kier molecular flexibility index (Phi) is 50.4. The molecule has 0 saturated heterocycles. The summed E-state index contributed by atoms with van der Waals surface area (Å²) in [5.41, 5.74) is 0. The van der Waals surface area contributed by atoms with Crippen LogP contribution in [0.2, 0.25) is 0 Å². The zero-order valence-corrected chi connectivity index (χ0v) is 42.5. The average molecular weight is 905 g/mol. The summed E-state index contributed by atoms with van der Waals surface area (Å²) in [4.78, 5) is 38.0. The van der Waals surface area contributed by atoms with Crippen LogP contribution < -0.4 is 0 Å². The highest BCUT2D eigenvalue weighted by atomic mass is 16.6. The number of allylic oxidation sites excluding steroid dienone is 14. The van der Waals surface area contributed by atoms with Gasteiger partial charge in [0.1, 0.15) is 13.2 Å². The largest absolute Gasteiger partial charge is 0.462 e. The van der Waals surface area contributed by atoms with Gasteiger partial charge in [-0.15, -0.1) is 0 Å². The summed E-state index contributed by atoms with van der Waals surface area (Å²) in [7, 11) is 0. The van der Waals surface area contributed by atoms with Crippen molar-refractivity contribution in [2.45, 2.75) is 258 Å². The van der Waals surface area contributed by atoms with Crippen molar-refractivity contribution in [3.63, 3.8) is 0 Å². The molecule has 6 heteroatoms. The molecule has 0 aromatic carbocycles. The van der Waals surface area contributed by atoms with Crippen molar-refractivity contribution in [3.05, 3.63) is 85.1 Å². The molecule has 0 aromatic heterocycles. The molecule has 0 spiro atoms. The van der Waals surface area contributed by atoms with Crippen LogP contribution >= 0.6 is 0 Å². The quantitative estimate of drug-likeness (QED) is 0.0262. The van der Waals surface area contributed by atoms with Crippen molar-refractivity contribution in [1.82, 2.24) is 0 Å². The Hall–Kier alpha value is -3.41. The van der Waals surface area contributed by atoms with E-state index in [4.69, 9.17) is 14.2 Å². The minimum Gasteiger partial charge on any atom is -0.462 e. The highest BCUT2D eigenvalue weighted by Gasteiger charge is 2.19. The molecule has 0 rings (SSSR count). The van der Waals surface area contributed by atoms with Gasteiger partial charge in [-0.25, -0.2) is 0 Å². The van der Waals surface area contributed by atoms with E-state index in [9.17, 15) is 14.4 Å². The Labute approximate surface area is 401 Å². The van der Waals surface area contributed by atoms with E-state index in [-0.39, 0.29) is 31.1 Å². The zero-order valence-electron chi connectivity index (χ0n) is 42.5. The molecule has 0 N–H and O–H groups in total. The van der Waals surface area contributed by atoms with Gasteiger partial charge in [0.05, 0.1) is 0 Å². The molecule has 65 heavy (non-hydrogen) atoms. The maximum atomic E-state index is 12.8. The molecule has 0 aromatic rings. The van der Waals surface area contributed by atoms with E-state index < -0.39 is 6.10 Å². The van der Waals surface area contributed by atoms with E-state index in [1.807, 2.05) is 0 Å². The number of carbonyl (C=O) groups is 3. The molecule has 1 atom stereocenters. The summed E-state index contributed by atoms with van der Waals surface area (Å²) in [6, 6.07) is 0. The number of ether oxygens (including phenoxy) is 3. The average Bonchev–Trinajstić information content (AvgIpc) is 3.30. The van der Waals surface area contributed by atoms with Gasteiger partial charge < -0.3 is 14.2 Å². The monoisotopic (exact) mass is 905 g/mol. The first-order valence-electron chi connectivity index (χ1n) is 27.1. The van der Waals surface area contributed by atoms with Crippen LogP contribution in [-0.2, 0) is 28.6 Å². The summed E-state index contributed by atoms with van der Waals surface area (Å²) in [6.07, 6.45) is 68.6. The first-order valence-corrected chi connectivity index (χ1v) is 27.1. The molecule has 0 saturated carbocycles. The molecule has 0 aliphatic heterocycles. The molecule has 0 aliphatic carbocycles. The molecule has 0 amide bonds. The van der Waals surface area contributed by atoms with Gasteiger partial charge in [0.2, 0.25) is 0 Å². The molecule has 0 bridgehead atoms. The van der Waals surface area contributed by atoms with Gasteiger partial charge >= 0.3 is 17.9 Å². The van der Waals surface area contributed by atoms with Crippen LogP contribution in [0.5, 0.6) is 0 Å². The summed E-state index contributed by atoms with van der Waals surface area (Å²) in [5.74, 6) is -0.902. The highest BCUT2D eigenvalue weighted by molar-refractivity contribution is 5.71. The first kappa shape index (κ1) is 61.6. The van der Waals surface area contributed by atoms with E-state index in [1.54, 1.807) is 0 Å². The van der Waals surface area contributed by atoms with E-state index >= 15 is 0 Å². The van der Waals surface area contributed by atoms with Crippen LogP contribution in [0.1, 0.15) is 252 Å². The van der Waals surface area contributed by atoms with E-state index in [0.717, 1.165) is 109 Å². The van der Waals surface area contributed by atoms with Crippen molar-refractivity contribution < 1.29 is 28.6 Å². The lowest BCUT2D eigenvalue weighted by Gasteiger charge is -2.18. The number of rotatable bonds is 48. The topological polar surface area (TPSA) is 78.9 Å². The number of hydrogen-bond acceptors (Lipinski definition) is 6. The SMILES string of the molecule is CC/C=C\C/C=C\C/C=C\C/C=C\CCCCCCCCC(=O)OCC(COC(=O)CCCCCCCCCCC)OC(=O)CCCCCCCCCCC/C=C\C/C=C\C/C=C\CC. The van der Waals surface area contributed by atoms with Gasteiger partial charge in [-0.1, -0.05) is 228 Å². The third-order valence-corrected chi connectivity index (χ3v) is 11.4. The number of hydrogen-bond donors (Lipinski definition) is 0. The van der Waals surface area contributed by atoms with Gasteiger partial charge in [0.25, 0.3) is 0 Å². The van der Waals surface area contributed by atoms with Crippen molar-refractivity contribution in [1.29, 1.82) is 0 Å². The molecule has 1 unspecified atom stereocenters. The van der Waals surface area contributed by atoms with Crippen LogP contribution in [0.25, 0.3) is 0 Å². The summed E-state index contributed by atoms with van der Waals surface area (Å²) < 4.78 is 16.8. The van der Waals surface area contributed by atoms with Crippen LogP contribution in [0, 0.1) is 0 Å². The molecular formula is C59H100O6. The van der Waals surface area contributed by atoms with E-state index in [2.05, 4.69) is 106 Å². The second kappa shape index (κ2) is 53.2. The minimum absolute atomic E-state index is 0.0823. The predicted octanol–water partition coefficient (Wildman–Crippen LogP) is 18.0. The molecule has 0 heterocycles. The Morgan fingerprint density at radius 2 is 0.600 bits per heavy atom. The minimum atomic E-state index is -0.783. The smallest absolute Gasteiger partial charge is 0.306 e. The Balaban J connectivity index is 4.33. The lowest BCUT2D eigenvalue weighted by molar-refractivity contribution is -0.167. The van der Waals surface area contributed by atoms with Crippen LogP contribution in [-0.4, -0.2) is 37.2 Å². The van der Waals surface area contributed by atoms with E-state index in [1.165, 1.54) is 103 Å². The standard InChI is InChI=1S/C59H100O6/c1-4-7-10-13-16-19-21-23-25-27-29-31-33-35-37-40-43-46-49-52-58(61)64-55-56(54-63-57(60)51-48-45-42-39-18-15-12-9-6-3)65-59(62)53-50-47-44-41-38-36-34-32-30-28-26-24-22-20-17-14-11-8-5-2/h7-8,10-11,16-17,19-20,23-26,29,31,56H,4-6,9,12-15,18,21-22,27-28,30,32-55H2,1-3H3/b10-7-,11-8-,19-16-,20-17-,25-23-,26-24-,31-29-. The Bertz CT molecular complexity index is 1270.